The number of sulfonamides is 1. The molecular formula is C13H19N3O2S. The maximum absolute atomic E-state index is 11.8. The Bertz CT molecular complexity index is 532. The molecule has 1 saturated carbocycles. The normalized spacial score (nSPS) is 20.3. The van der Waals surface area contributed by atoms with E-state index in [1.54, 1.807) is 0 Å². The summed E-state index contributed by atoms with van der Waals surface area (Å²) in [6, 6.07) is 7.65. The molecule has 0 radical (unpaired) electrons. The van der Waals surface area contributed by atoms with E-state index in [0.29, 0.717) is 5.69 Å². The van der Waals surface area contributed by atoms with Crippen LogP contribution in [0.3, 0.4) is 0 Å². The summed E-state index contributed by atoms with van der Waals surface area (Å²) < 4.78 is 26.3. The van der Waals surface area contributed by atoms with Crippen molar-refractivity contribution in [2.24, 2.45) is 0 Å². The van der Waals surface area contributed by atoms with Crippen LogP contribution in [0.5, 0.6) is 0 Å². The summed E-state index contributed by atoms with van der Waals surface area (Å²) >= 11 is 0. The summed E-state index contributed by atoms with van der Waals surface area (Å²) in [5.74, 6) is 0. The quantitative estimate of drug-likeness (QED) is 0.864. The minimum absolute atomic E-state index is 0.180. The van der Waals surface area contributed by atoms with E-state index < -0.39 is 10.0 Å². The fourth-order valence-electron chi connectivity index (χ4n) is 2.29. The lowest BCUT2D eigenvalue weighted by atomic mass is 10.2. The number of nitrogens with one attached hydrogen (secondary N) is 2. The van der Waals surface area contributed by atoms with Gasteiger partial charge in [-0.1, -0.05) is 0 Å². The Morgan fingerprint density at radius 2 is 1.74 bits per heavy atom. The van der Waals surface area contributed by atoms with Gasteiger partial charge in [-0.3, -0.25) is 4.72 Å². The second kappa shape index (κ2) is 5.02. The van der Waals surface area contributed by atoms with Gasteiger partial charge >= 0.3 is 0 Å². The van der Waals surface area contributed by atoms with Gasteiger partial charge in [0.25, 0.3) is 0 Å². The predicted octanol–water partition coefficient (Wildman–Crippen LogP) is 1.00. The first-order chi connectivity index (χ1) is 9.15. The molecule has 1 aliphatic carbocycles. The van der Waals surface area contributed by atoms with Crippen molar-refractivity contribution in [1.82, 2.24) is 5.32 Å². The Morgan fingerprint density at radius 1 is 1.11 bits per heavy atom. The SMILES string of the molecule is O=S(=O)(Nc1ccc(N2CCNCC2)cc1)C1CC1. The highest BCUT2D eigenvalue weighted by molar-refractivity contribution is 7.93. The van der Waals surface area contributed by atoms with Crippen molar-refractivity contribution < 1.29 is 8.42 Å². The van der Waals surface area contributed by atoms with Gasteiger partial charge in [-0.05, 0) is 37.1 Å². The van der Waals surface area contributed by atoms with Crippen LogP contribution in [0, 0.1) is 0 Å². The second-order valence-electron chi connectivity index (χ2n) is 5.13. The molecule has 5 nitrogen and oxygen atoms in total. The first-order valence-corrected chi connectivity index (χ1v) is 8.27. The average Bonchev–Trinajstić information content (AvgIpc) is 3.25. The first-order valence-electron chi connectivity index (χ1n) is 6.72. The number of hydrogen-bond acceptors (Lipinski definition) is 4. The van der Waals surface area contributed by atoms with E-state index in [2.05, 4.69) is 14.9 Å². The van der Waals surface area contributed by atoms with Crippen molar-refractivity contribution in [3.63, 3.8) is 0 Å². The van der Waals surface area contributed by atoms with Crippen LogP contribution in [0.2, 0.25) is 0 Å². The molecule has 0 spiro atoms. The molecule has 0 bridgehead atoms. The molecule has 0 aromatic heterocycles. The van der Waals surface area contributed by atoms with Crippen LogP contribution >= 0.6 is 0 Å². The molecule has 0 atom stereocenters. The van der Waals surface area contributed by atoms with E-state index >= 15 is 0 Å². The number of hydrogen-bond donors (Lipinski definition) is 2. The van der Waals surface area contributed by atoms with Gasteiger partial charge in [-0.15, -0.1) is 0 Å². The van der Waals surface area contributed by atoms with Gasteiger partial charge in [0.2, 0.25) is 10.0 Å². The van der Waals surface area contributed by atoms with Crippen LogP contribution in [-0.2, 0) is 10.0 Å². The summed E-state index contributed by atoms with van der Waals surface area (Å²) in [5.41, 5.74) is 1.81. The lowest BCUT2D eigenvalue weighted by Crippen LogP contribution is -2.43. The summed E-state index contributed by atoms with van der Waals surface area (Å²) in [6.45, 7) is 3.98. The number of anilines is 2. The Morgan fingerprint density at radius 3 is 2.32 bits per heavy atom. The summed E-state index contributed by atoms with van der Waals surface area (Å²) in [7, 11) is -3.15. The highest BCUT2D eigenvalue weighted by atomic mass is 32.2. The van der Waals surface area contributed by atoms with E-state index in [9.17, 15) is 8.42 Å². The molecule has 2 aliphatic rings. The topological polar surface area (TPSA) is 61.4 Å². The van der Waals surface area contributed by atoms with Crippen LogP contribution < -0.4 is 14.9 Å². The third-order valence-corrected chi connectivity index (χ3v) is 5.44. The molecular weight excluding hydrogens is 262 g/mol. The minimum atomic E-state index is -3.15. The maximum atomic E-state index is 11.8. The van der Waals surface area contributed by atoms with Crippen LogP contribution in [-0.4, -0.2) is 39.8 Å². The smallest absolute Gasteiger partial charge is 0.235 e. The molecule has 1 aliphatic heterocycles. The molecule has 1 heterocycles. The highest BCUT2D eigenvalue weighted by Gasteiger charge is 2.35. The number of rotatable bonds is 4. The third kappa shape index (κ3) is 3.01. The van der Waals surface area contributed by atoms with Gasteiger partial charge in [0, 0.05) is 37.6 Å². The Hall–Kier alpha value is -1.27. The fraction of sp³-hybridized carbons (Fsp3) is 0.538. The Labute approximate surface area is 114 Å². The van der Waals surface area contributed by atoms with Crippen LogP contribution in [0.4, 0.5) is 11.4 Å². The summed E-state index contributed by atoms with van der Waals surface area (Å²) in [6.07, 6.45) is 1.57. The van der Waals surface area contributed by atoms with E-state index in [1.165, 1.54) is 0 Å². The zero-order valence-electron chi connectivity index (χ0n) is 10.8. The Balaban J connectivity index is 1.68. The van der Waals surface area contributed by atoms with Crippen molar-refractivity contribution in [2.75, 3.05) is 35.8 Å². The van der Waals surface area contributed by atoms with E-state index in [1.807, 2.05) is 24.3 Å². The van der Waals surface area contributed by atoms with Gasteiger partial charge in [0.1, 0.15) is 0 Å². The molecule has 0 amide bonds. The van der Waals surface area contributed by atoms with Gasteiger partial charge < -0.3 is 10.2 Å². The van der Waals surface area contributed by atoms with Crippen LogP contribution in [0.15, 0.2) is 24.3 Å². The number of piperazine rings is 1. The molecule has 1 aromatic carbocycles. The molecule has 104 valence electrons. The molecule has 0 unspecified atom stereocenters. The highest BCUT2D eigenvalue weighted by Crippen LogP contribution is 2.30. The zero-order valence-corrected chi connectivity index (χ0v) is 11.6. The number of benzene rings is 1. The van der Waals surface area contributed by atoms with Gasteiger partial charge in [-0.25, -0.2) is 8.42 Å². The summed E-state index contributed by atoms with van der Waals surface area (Å²) in [5, 5.41) is 3.13. The lowest BCUT2D eigenvalue weighted by molar-refractivity contribution is 0.589. The summed E-state index contributed by atoms with van der Waals surface area (Å²) in [4.78, 5) is 2.30. The van der Waals surface area contributed by atoms with Crippen LogP contribution in [0.1, 0.15) is 12.8 Å². The molecule has 2 N–H and O–H groups in total. The van der Waals surface area contributed by atoms with Gasteiger partial charge in [0.05, 0.1) is 5.25 Å². The number of nitrogens with zero attached hydrogens (tertiary/aromatic N) is 1. The zero-order chi connectivity index (χ0) is 13.3. The van der Waals surface area contributed by atoms with Crippen molar-refractivity contribution in [3.05, 3.63) is 24.3 Å². The maximum Gasteiger partial charge on any atom is 0.235 e. The first kappa shape index (κ1) is 12.7. The third-order valence-electron chi connectivity index (χ3n) is 3.57. The predicted molar refractivity (Wildman–Crippen MR) is 77.1 cm³/mol. The molecule has 1 aromatic rings. The molecule has 6 heteroatoms. The second-order valence-corrected chi connectivity index (χ2v) is 7.09. The average molecular weight is 281 g/mol. The van der Waals surface area contributed by atoms with Gasteiger partial charge in [0.15, 0.2) is 0 Å². The largest absolute Gasteiger partial charge is 0.369 e. The lowest BCUT2D eigenvalue weighted by Gasteiger charge is -2.29. The minimum Gasteiger partial charge on any atom is -0.369 e. The van der Waals surface area contributed by atoms with E-state index in [0.717, 1.165) is 44.7 Å². The van der Waals surface area contributed by atoms with Crippen molar-refractivity contribution in [2.45, 2.75) is 18.1 Å². The van der Waals surface area contributed by atoms with Crippen LogP contribution in [0.25, 0.3) is 0 Å². The molecule has 2 fully saturated rings. The molecule has 19 heavy (non-hydrogen) atoms. The van der Waals surface area contributed by atoms with E-state index in [4.69, 9.17) is 0 Å². The Kier molecular flexibility index (Phi) is 3.36. The fourth-order valence-corrected chi connectivity index (χ4v) is 3.68. The molecule has 3 rings (SSSR count). The van der Waals surface area contributed by atoms with Crippen molar-refractivity contribution in [1.29, 1.82) is 0 Å². The van der Waals surface area contributed by atoms with Crippen molar-refractivity contribution in [3.8, 4) is 0 Å². The van der Waals surface area contributed by atoms with Gasteiger partial charge in [-0.2, -0.15) is 0 Å². The monoisotopic (exact) mass is 281 g/mol. The van der Waals surface area contributed by atoms with Crippen molar-refractivity contribution >= 4 is 21.4 Å². The standard InChI is InChI=1S/C13H19N3O2S/c17-19(18,13-5-6-13)15-11-1-3-12(4-2-11)16-9-7-14-8-10-16/h1-4,13-15H,5-10H2. The van der Waals surface area contributed by atoms with E-state index in [-0.39, 0.29) is 5.25 Å². The molecule has 1 saturated heterocycles.